The van der Waals surface area contributed by atoms with Gasteiger partial charge in [0.05, 0.1) is 6.42 Å². The van der Waals surface area contributed by atoms with Gasteiger partial charge in [-0.1, -0.05) is 158 Å². The maximum absolute atomic E-state index is 12.7. The summed E-state index contributed by atoms with van der Waals surface area (Å²) >= 11 is 0. The van der Waals surface area contributed by atoms with Crippen LogP contribution >= 0.6 is 0 Å². The molecule has 2 atom stereocenters. The highest BCUT2D eigenvalue weighted by molar-refractivity contribution is 5.83. The minimum absolute atomic E-state index is 0.0407. The minimum atomic E-state index is -1.01. The van der Waals surface area contributed by atoms with Crippen LogP contribution in [0.2, 0.25) is 0 Å². The number of carboxylic acids is 1. The fraction of sp³-hybridized carbons (Fsp3) is 0.711. The highest BCUT2D eigenvalue weighted by Crippen LogP contribution is 2.18. The maximum atomic E-state index is 12.7. The summed E-state index contributed by atoms with van der Waals surface area (Å²) in [5, 5.41) is 11.9. The zero-order valence-electron chi connectivity index (χ0n) is 33.4. The Labute approximate surface area is 319 Å². The molecule has 0 spiro atoms. The fourth-order valence-electron chi connectivity index (χ4n) is 6.00. The second-order valence-corrected chi connectivity index (χ2v) is 14.0. The van der Waals surface area contributed by atoms with E-state index in [0.29, 0.717) is 32.2 Å². The molecule has 1 amide bonds. The summed E-state index contributed by atoms with van der Waals surface area (Å²) in [5.41, 5.74) is 5.48. The van der Waals surface area contributed by atoms with Crippen LogP contribution in [0.25, 0.3) is 0 Å². The van der Waals surface area contributed by atoms with E-state index in [0.717, 1.165) is 83.5 Å². The van der Waals surface area contributed by atoms with Gasteiger partial charge >= 0.3 is 11.9 Å². The van der Waals surface area contributed by atoms with Gasteiger partial charge in [-0.15, -0.1) is 0 Å². The summed E-state index contributed by atoms with van der Waals surface area (Å²) in [7, 11) is 0. The predicted octanol–water partition coefficient (Wildman–Crippen LogP) is 11.8. The Kier molecular flexibility index (Phi) is 37.1. The standard InChI is InChI=1S/C45H78N2O5/c1-3-5-7-9-11-13-15-16-17-18-20-22-24-29-33-39-44(49)52-41(35-30-26-23-21-19-14-12-10-8-6-4-2)36-31-27-25-28-32-38-43(48)47-42(45(50)51)37-34-40-46/h5,7,11,13,16-17,20,22,29,33,41-42H,3-4,6,8-10,12,14-15,18-19,21,23-28,30-32,34-40,46H2,1-2H3,(H,47,48)(H,50,51)/b7-5-,13-11-,17-16-,22-20-,33-29-. The highest BCUT2D eigenvalue weighted by atomic mass is 16.5. The normalized spacial score (nSPS) is 13.3. The van der Waals surface area contributed by atoms with Crippen molar-refractivity contribution in [2.75, 3.05) is 6.54 Å². The van der Waals surface area contributed by atoms with Gasteiger partial charge in [-0.05, 0) is 83.6 Å². The van der Waals surface area contributed by atoms with E-state index in [2.05, 4.69) is 67.8 Å². The number of carbonyl (C=O) groups excluding carboxylic acids is 2. The Bertz CT molecular complexity index is 1000. The molecule has 4 N–H and O–H groups in total. The van der Waals surface area contributed by atoms with Crippen LogP contribution in [0.4, 0.5) is 0 Å². The Balaban J connectivity index is 4.47. The monoisotopic (exact) mass is 727 g/mol. The number of carboxylic acid groups (broad SMARTS) is 1. The molecule has 0 saturated heterocycles. The molecule has 2 unspecified atom stereocenters. The minimum Gasteiger partial charge on any atom is -0.480 e. The number of unbranched alkanes of at least 4 members (excludes halogenated alkanes) is 14. The van der Waals surface area contributed by atoms with E-state index < -0.39 is 12.0 Å². The molecule has 0 aromatic carbocycles. The largest absolute Gasteiger partial charge is 0.480 e. The number of allylic oxidation sites excluding steroid dienone is 9. The molecule has 298 valence electrons. The highest BCUT2D eigenvalue weighted by Gasteiger charge is 2.19. The van der Waals surface area contributed by atoms with Gasteiger partial charge in [-0.25, -0.2) is 4.79 Å². The third-order valence-corrected chi connectivity index (χ3v) is 9.13. The number of aliphatic carboxylic acids is 1. The van der Waals surface area contributed by atoms with Crippen molar-refractivity contribution in [3.63, 3.8) is 0 Å². The van der Waals surface area contributed by atoms with Gasteiger partial charge in [0.1, 0.15) is 12.1 Å². The SMILES string of the molecule is CC/C=C\C/C=C\C/C=C\C/C=C\C/C=C\CC(=O)OC(CCCCCCCCCCCCC)CCCCCCCC(=O)NC(CCCN)C(=O)O. The van der Waals surface area contributed by atoms with Crippen LogP contribution in [0, 0.1) is 0 Å². The molecule has 0 aliphatic rings. The van der Waals surface area contributed by atoms with Crippen molar-refractivity contribution in [2.45, 2.75) is 199 Å². The number of carbonyl (C=O) groups is 3. The lowest BCUT2D eigenvalue weighted by molar-refractivity contribution is -0.148. The van der Waals surface area contributed by atoms with Crippen LogP contribution in [0.15, 0.2) is 60.8 Å². The molecule has 0 radical (unpaired) electrons. The number of nitrogens with one attached hydrogen (secondary N) is 1. The number of hydrogen-bond donors (Lipinski definition) is 3. The van der Waals surface area contributed by atoms with Crippen LogP contribution < -0.4 is 11.1 Å². The number of rotatable bonds is 37. The van der Waals surface area contributed by atoms with E-state index in [4.69, 9.17) is 10.5 Å². The topological polar surface area (TPSA) is 119 Å². The molecule has 0 heterocycles. The zero-order valence-corrected chi connectivity index (χ0v) is 33.4. The Morgan fingerprint density at radius 2 is 1.02 bits per heavy atom. The molecule has 7 nitrogen and oxygen atoms in total. The first-order chi connectivity index (χ1) is 25.4. The summed E-state index contributed by atoms with van der Waals surface area (Å²) < 4.78 is 5.97. The van der Waals surface area contributed by atoms with Crippen molar-refractivity contribution < 1.29 is 24.2 Å². The fourth-order valence-corrected chi connectivity index (χ4v) is 6.00. The molecule has 0 rings (SSSR count). The molecule has 0 bridgehead atoms. The van der Waals surface area contributed by atoms with E-state index in [1.165, 1.54) is 64.2 Å². The van der Waals surface area contributed by atoms with Gasteiger partial charge in [-0.3, -0.25) is 9.59 Å². The molecule has 52 heavy (non-hydrogen) atoms. The van der Waals surface area contributed by atoms with Crippen LogP contribution in [0.5, 0.6) is 0 Å². The molecule has 0 aromatic rings. The van der Waals surface area contributed by atoms with Crippen molar-refractivity contribution >= 4 is 17.8 Å². The van der Waals surface area contributed by atoms with Crippen molar-refractivity contribution in [1.29, 1.82) is 0 Å². The predicted molar refractivity (Wildman–Crippen MR) is 220 cm³/mol. The lowest BCUT2D eigenvalue weighted by atomic mass is 10.0. The number of esters is 1. The summed E-state index contributed by atoms with van der Waals surface area (Å²) in [6, 6.07) is -0.864. The van der Waals surface area contributed by atoms with Crippen LogP contribution in [0.3, 0.4) is 0 Å². The number of hydrogen-bond acceptors (Lipinski definition) is 5. The average molecular weight is 727 g/mol. The van der Waals surface area contributed by atoms with Crippen LogP contribution in [0.1, 0.15) is 187 Å². The van der Waals surface area contributed by atoms with E-state index in [1.807, 2.05) is 12.2 Å². The first-order valence-corrected chi connectivity index (χ1v) is 21.1. The van der Waals surface area contributed by atoms with Gasteiger partial charge in [0.2, 0.25) is 5.91 Å². The number of nitrogens with two attached hydrogens (primary N) is 1. The van der Waals surface area contributed by atoms with E-state index in [-0.39, 0.29) is 18.0 Å². The molecule has 0 aliphatic carbocycles. The zero-order chi connectivity index (χ0) is 38.2. The van der Waals surface area contributed by atoms with Gasteiger partial charge in [0.25, 0.3) is 0 Å². The Morgan fingerprint density at radius 3 is 1.48 bits per heavy atom. The van der Waals surface area contributed by atoms with Crippen LogP contribution in [-0.2, 0) is 19.1 Å². The van der Waals surface area contributed by atoms with Gasteiger partial charge in [0, 0.05) is 6.42 Å². The Hall–Kier alpha value is -2.93. The maximum Gasteiger partial charge on any atom is 0.326 e. The number of ether oxygens (including phenoxy) is 1. The van der Waals surface area contributed by atoms with Crippen molar-refractivity contribution in [3.8, 4) is 0 Å². The van der Waals surface area contributed by atoms with E-state index in [9.17, 15) is 19.5 Å². The summed E-state index contributed by atoms with van der Waals surface area (Å²) in [6.45, 7) is 4.81. The molecule has 0 saturated carbocycles. The van der Waals surface area contributed by atoms with Crippen molar-refractivity contribution in [2.24, 2.45) is 5.73 Å². The van der Waals surface area contributed by atoms with E-state index in [1.54, 1.807) is 0 Å². The molecule has 0 aromatic heterocycles. The summed E-state index contributed by atoms with van der Waals surface area (Å²) in [6.07, 6.45) is 48.4. The van der Waals surface area contributed by atoms with Gasteiger partial charge in [-0.2, -0.15) is 0 Å². The van der Waals surface area contributed by atoms with Crippen molar-refractivity contribution in [1.82, 2.24) is 5.32 Å². The van der Waals surface area contributed by atoms with E-state index >= 15 is 0 Å². The second-order valence-electron chi connectivity index (χ2n) is 14.0. The average Bonchev–Trinajstić information content (AvgIpc) is 3.13. The molecule has 0 fully saturated rings. The second kappa shape index (κ2) is 39.3. The summed E-state index contributed by atoms with van der Waals surface area (Å²) in [5.74, 6) is -1.37. The number of amides is 1. The molecular formula is C45H78N2O5. The third kappa shape index (κ3) is 35.5. The van der Waals surface area contributed by atoms with Gasteiger partial charge in [0.15, 0.2) is 0 Å². The van der Waals surface area contributed by atoms with Crippen molar-refractivity contribution in [3.05, 3.63) is 60.8 Å². The molecular weight excluding hydrogens is 649 g/mol. The van der Waals surface area contributed by atoms with Gasteiger partial charge < -0.3 is 20.9 Å². The Morgan fingerprint density at radius 1 is 0.577 bits per heavy atom. The first-order valence-electron chi connectivity index (χ1n) is 21.1. The quantitative estimate of drug-likeness (QED) is 0.0333. The van der Waals surface area contributed by atoms with Crippen LogP contribution in [-0.4, -0.2) is 41.6 Å². The lowest BCUT2D eigenvalue weighted by Gasteiger charge is -2.18. The lowest BCUT2D eigenvalue weighted by Crippen LogP contribution is -2.40. The summed E-state index contributed by atoms with van der Waals surface area (Å²) in [4.78, 5) is 36.3. The molecule has 7 heteroatoms. The smallest absolute Gasteiger partial charge is 0.326 e. The molecule has 0 aliphatic heterocycles. The first kappa shape index (κ1) is 49.1. The third-order valence-electron chi connectivity index (χ3n) is 9.13.